The van der Waals surface area contributed by atoms with Crippen LogP contribution >= 0.6 is 0 Å². The lowest BCUT2D eigenvalue weighted by molar-refractivity contribution is -0.384. The van der Waals surface area contributed by atoms with Crippen molar-refractivity contribution in [2.75, 3.05) is 11.9 Å². The lowest BCUT2D eigenvalue weighted by Gasteiger charge is -2.17. The summed E-state index contributed by atoms with van der Waals surface area (Å²) < 4.78 is 5.45. The maximum atomic E-state index is 12.3. The molecule has 1 aliphatic carbocycles. The number of alkyl carbamates (subject to hydrolysis) is 1. The molecule has 0 aromatic heterocycles. The molecule has 4 rings (SSSR count). The van der Waals surface area contributed by atoms with Gasteiger partial charge in [0, 0.05) is 23.7 Å². The molecule has 0 heterocycles. The quantitative estimate of drug-likeness (QED) is 0.442. The Bertz CT molecular complexity index is 1130. The third-order valence-electron chi connectivity index (χ3n) is 5.42. The monoisotopic (exact) mass is 431 g/mol. The highest BCUT2D eigenvalue weighted by atomic mass is 16.6. The molecule has 3 aromatic carbocycles. The van der Waals surface area contributed by atoms with Crippen molar-refractivity contribution in [1.29, 1.82) is 0 Å². The normalized spacial score (nSPS) is 12.9. The van der Waals surface area contributed by atoms with Crippen LogP contribution in [0, 0.1) is 10.1 Å². The van der Waals surface area contributed by atoms with Crippen LogP contribution in [0.1, 0.15) is 24.0 Å². The minimum Gasteiger partial charge on any atom is -0.449 e. The SMILES string of the molecule is CC(NC(=O)OCC1c2ccccc2-c2ccccc21)C(=O)Nc1ccc([N+](=O)[O-])cc1. The number of nitrogens with one attached hydrogen (secondary N) is 2. The number of hydrogen-bond acceptors (Lipinski definition) is 5. The van der Waals surface area contributed by atoms with E-state index in [2.05, 4.69) is 22.8 Å². The number of amides is 2. The molecule has 1 aliphatic rings. The van der Waals surface area contributed by atoms with Crippen molar-refractivity contribution in [3.05, 3.63) is 94.0 Å². The topological polar surface area (TPSA) is 111 Å². The van der Waals surface area contributed by atoms with Gasteiger partial charge in [0.15, 0.2) is 0 Å². The van der Waals surface area contributed by atoms with E-state index >= 15 is 0 Å². The average molecular weight is 431 g/mol. The predicted octanol–water partition coefficient (Wildman–Crippen LogP) is 4.46. The number of anilines is 1. The van der Waals surface area contributed by atoms with Gasteiger partial charge in [0.25, 0.3) is 5.69 Å². The summed E-state index contributed by atoms with van der Waals surface area (Å²) in [4.78, 5) is 34.9. The van der Waals surface area contributed by atoms with Gasteiger partial charge in [0.1, 0.15) is 12.6 Å². The third kappa shape index (κ3) is 4.29. The van der Waals surface area contributed by atoms with Gasteiger partial charge >= 0.3 is 6.09 Å². The van der Waals surface area contributed by atoms with Crippen LogP contribution < -0.4 is 10.6 Å². The molecule has 0 saturated carbocycles. The van der Waals surface area contributed by atoms with Crippen LogP contribution in [0.15, 0.2) is 72.8 Å². The standard InChI is InChI=1S/C24H21N3O5/c1-15(23(28)26-16-10-12-17(13-11-16)27(30)31)25-24(29)32-14-22-20-8-4-2-6-18(20)19-7-3-5-9-21(19)22/h2-13,15,22H,14H2,1H3,(H,25,29)(H,26,28). The van der Waals surface area contributed by atoms with E-state index in [1.54, 1.807) is 0 Å². The Kier molecular flexibility index (Phi) is 5.85. The minimum atomic E-state index is -0.860. The highest BCUT2D eigenvalue weighted by molar-refractivity contribution is 5.96. The van der Waals surface area contributed by atoms with Gasteiger partial charge in [-0.1, -0.05) is 48.5 Å². The molecule has 0 fully saturated rings. The fraction of sp³-hybridized carbons (Fsp3) is 0.167. The second-order valence-electron chi connectivity index (χ2n) is 7.48. The molecule has 0 saturated heterocycles. The summed E-state index contributed by atoms with van der Waals surface area (Å²) in [5, 5.41) is 15.8. The van der Waals surface area contributed by atoms with Crippen LogP contribution in [0.25, 0.3) is 11.1 Å². The summed E-state index contributed by atoms with van der Waals surface area (Å²) in [6, 6.07) is 20.6. The molecule has 0 radical (unpaired) electrons. The second-order valence-corrected chi connectivity index (χ2v) is 7.48. The van der Waals surface area contributed by atoms with Crippen molar-refractivity contribution < 1.29 is 19.2 Å². The van der Waals surface area contributed by atoms with Gasteiger partial charge in [-0.15, -0.1) is 0 Å². The van der Waals surface area contributed by atoms with Gasteiger partial charge < -0.3 is 15.4 Å². The van der Waals surface area contributed by atoms with Crippen molar-refractivity contribution in [2.24, 2.45) is 0 Å². The van der Waals surface area contributed by atoms with Crippen LogP contribution in [-0.2, 0) is 9.53 Å². The van der Waals surface area contributed by atoms with Gasteiger partial charge in [0.05, 0.1) is 4.92 Å². The molecule has 1 atom stereocenters. The lowest BCUT2D eigenvalue weighted by Crippen LogP contribution is -2.42. The fourth-order valence-electron chi connectivity index (χ4n) is 3.80. The summed E-state index contributed by atoms with van der Waals surface area (Å²) in [5.41, 5.74) is 4.78. The van der Waals surface area contributed by atoms with Crippen LogP contribution in [0.4, 0.5) is 16.2 Å². The summed E-state index contributed by atoms with van der Waals surface area (Å²) in [7, 11) is 0. The molecule has 0 aliphatic heterocycles. The van der Waals surface area contributed by atoms with E-state index in [0.717, 1.165) is 22.3 Å². The molecule has 2 amide bonds. The number of ether oxygens (including phenoxy) is 1. The fourth-order valence-corrected chi connectivity index (χ4v) is 3.80. The van der Waals surface area contributed by atoms with E-state index in [-0.39, 0.29) is 18.2 Å². The predicted molar refractivity (Wildman–Crippen MR) is 119 cm³/mol. The number of fused-ring (bicyclic) bond motifs is 3. The molecular formula is C24H21N3O5. The third-order valence-corrected chi connectivity index (χ3v) is 5.42. The first kappa shape index (κ1) is 21.0. The van der Waals surface area contributed by atoms with Crippen molar-refractivity contribution in [1.82, 2.24) is 5.32 Å². The first-order chi connectivity index (χ1) is 15.4. The molecule has 2 N–H and O–H groups in total. The van der Waals surface area contributed by atoms with E-state index in [1.165, 1.54) is 31.2 Å². The van der Waals surface area contributed by atoms with Gasteiger partial charge in [-0.2, -0.15) is 0 Å². The maximum Gasteiger partial charge on any atom is 0.407 e. The van der Waals surface area contributed by atoms with Crippen LogP contribution in [0.3, 0.4) is 0 Å². The van der Waals surface area contributed by atoms with E-state index in [9.17, 15) is 19.7 Å². The Morgan fingerprint density at radius 2 is 1.53 bits per heavy atom. The molecule has 32 heavy (non-hydrogen) atoms. The molecule has 3 aromatic rings. The Balaban J connectivity index is 1.34. The smallest absolute Gasteiger partial charge is 0.407 e. The van der Waals surface area contributed by atoms with Gasteiger partial charge in [-0.3, -0.25) is 14.9 Å². The summed E-state index contributed by atoms with van der Waals surface area (Å²) in [6.45, 7) is 1.68. The van der Waals surface area contributed by atoms with Gasteiger partial charge in [-0.25, -0.2) is 4.79 Å². The van der Waals surface area contributed by atoms with Crippen molar-refractivity contribution >= 4 is 23.4 Å². The number of benzene rings is 3. The number of non-ortho nitro benzene ring substituents is 1. The van der Waals surface area contributed by atoms with Crippen LogP contribution in [0.2, 0.25) is 0 Å². The van der Waals surface area contributed by atoms with Crippen LogP contribution in [-0.4, -0.2) is 29.6 Å². The number of hydrogen-bond donors (Lipinski definition) is 2. The van der Waals surface area contributed by atoms with E-state index in [0.29, 0.717) is 5.69 Å². The largest absolute Gasteiger partial charge is 0.449 e. The molecule has 1 unspecified atom stereocenters. The number of nitro benzene ring substituents is 1. The Labute approximate surface area is 184 Å². The highest BCUT2D eigenvalue weighted by Crippen LogP contribution is 2.44. The second kappa shape index (κ2) is 8.89. The first-order valence-corrected chi connectivity index (χ1v) is 10.1. The molecule has 0 spiro atoms. The van der Waals surface area contributed by atoms with Gasteiger partial charge in [0.2, 0.25) is 5.91 Å². The van der Waals surface area contributed by atoms with Crippen molar-refractivity contribution in [3.63, 3.8) is 0 Å². The first-order valence-electron chi connectivity index (χ1n) is 10.1. The zero-order valence-electron chi connectivity index (χ0n) is 17.3. The van der Waals surface area contributed by atoms with Gasteiger partial charge in [-0.05, 0) is 41.3 Å². The molecule has 8 heteroatoms. The minimum absolute atomic E-state index is 0.0719. The molecule has 8 nitrogen and oxygen atoms in total. The van der Waals surface area contributed by atoms with E-state index in [4.69, 9.17) is 4.74 Å². The number of nitro groups is 1. The molecule has 162 valence electrons. The highest BCUT2D eigenvalue weighted by Gasteiger charge is 2.29. The lowest BCUT2D eigenvalue weighted by atomic mass is 9.98. The zero-order chi connectivity index (χ0) is 22.7. The summed E-state index contributed by atoms with van der Waals surface area (Å²) in [5.74, 6) is -0.537. The van der Waals surface area contributed by atoms with Crippen molar-refractivity contribution in [3.8, 4) is 11.1 Å². The maximum absolute atomic E-state index is 12.3. The van der Waals surface area contributed by atoms with E-state index < -0.39 is 23.0 Å². The molecule has 0 bridgehead atoms. The summed E-state index contributed by atoms with van der Waals surface area (Å²) >= 11 is 0. The average Bonchev–Trinajstić information content (AvgIpc) is 3.12. The molecular weight excluding hydrogens is 410 g/mol. The number of rotatable bonds is 6. The summed E-state index contributed by atoms with van der Waals surface area (Å²) in [6.07, 6.45) is -0.696. The number of nitrogens with zero attached hydrogens (tertiary/aromatic N) is 1. The van der Waals surface area contributed by atoms with Crippen LogP contribution in [0.5, 0.6) is 0 Å². The number of carbonyl (C=O) groups is 2. The number of carbonyl (C=O) groups excluding carboxylic acids is 2. The Morgan fingerprint density at radius 1 is 0.969 bits per heavy atom. The Morgan fingerprint density at radius 3 is 2.09 bits per heavy atom. The van der Waals surface area contributed by atoms with Crippen molar-refractivity contribution in [2.45, 2.75) is 18.9 Å². The van der Waals surface area contributed by atoms with E-state index in [1.807, 2.05) is 36.4 Å². The Hall–Kier alpha value is -4.20. The zero-order valence-corrected chi connectivity index (χ0v) is 17.3.